The van der Waals surface area contributed by atoms with E-state index < -0.39 is 8.07 Å². The molecule has 0 aromatic carbocycles. The van der Waals surface area contributed by atoms with Gasteiger partial charge < -0.3 is 5.53 Å². The Morgan fingerprint density at radius 3 is 1.62 bits per heavy atom. The van der Waals surface area contributed by atoms with E-state index >= 15 is 0 Å². The maximum Gasteiger partial charge on any atom is 0.227 e. The highest BCUT2D eigenvalue weighted by Crippen LogP contribution is 2.19. The molecule has 0 aliphatic carbocycles. The molecule has 0 aromatic heterocycles. The van der Waals surface area contributed by atoms with Crippen LogP contribution in [0, 0.1) is 0 Å². The fraction of sp³-hybridized carbons (Fsp3) is 0.300. The van der Waals surface area contributed by atoms with E-state index in [9.17, 15) is 0 Å². The summed E-state index contributed by atoms with van der Waals surface area (Å²) in [7, 11) is -1.69. The van der Waals surface area contributed by atoms with Gasteiger partial charge in [-0.05, 0) is 18.1 Å². The molecule has 0 atom stereocenters. The second-order valence-electron chi connectivity index (χ2n) is 3.09. The smallest absolute Gasteiger partial charge is 0.227 e. The van der Waals surface area contributed by atoms with Crippen molar-refractivity contribution in [1.29, 1.82) is 0 Å². The highest BCUT2D eigenvalue weighted by molar-refractivity contribution is 7.02. The zero-order valence-corrected chi connectivity index (χ0v) is 8.95. The van der Waals surface area contributed by atoms with Gasteiger partial charge in [0.2, 0.25) is 5.84 Å². The van der Waals surface area contributed by atoms with E-state index in [-0.39, 0.29) is 0 Å². The third-order valence-corrected chi connectivity index (χ3v) is 5.95. The van der Waals surface area contributed by atoms with Gasteiger partial charge in [-0.2, -0.15) is 4.79 Å². The summed E-state index contributed by atoms with van der Waals surface area (Å²) in [5.74, 6) is 1.68. The van der Waals surface area contributed by atoms with Crippen LogP contribution in [0.1, 0.15) is 0 Å². The molecule has 0 N–H and O–H groups in total. The average Bonchev–Trinajstić information content (AvgIpc) is 2.06. The Morgan fingerprint density at radius 2 is 1.38 bits per heavy atom. The minimum atomic E-state index is -1.69. The molecule has 0 saturated heterocycles. The molecular weight excluding hydrogens is 176 g/mol. The molecule has 0 aliphatic rings. The molecule has 0 bridgehead atoms. The molecule has 3 heteroatoms. The molecule has 0 amide bonds. The topological polar surface area (TPSA) is 36.4 Å². The Balaban J connectivity index is 4.75. The summed E-state index contributed by atoms with van der Waals surface area (Å²) in [5, 5.41) is 0. The standard InChI is InChI=1S/C10H16N2Si/c1-4-7-13(8-5-2,9-6-3)10-12-11/h4-6,10H,1-3,7-9H2. The molecule has 0 fully saturated rings. The van der Waals surface area contributed by atoms with Crippen molar-refractivity contribution in [2.24, 2.45) is 0 Å². The van der Waals surface area contributed by atoms with Crippen LogP contribution >= 0.6 is 0 Å². The highest BCUT2D eigenvalue weighted by atomic mass is 28.3. The second-order valence-corrected chi connectivity index (χ2v) is 7.29. The molecule has 0 saturated carbocycles. The first kappa shape index (κ1) is 11.8. The van der Waals surface area contributed by atoms with Crippen LogP contribution in [0.25, 0.3) is 5.53 Å². The van der Waals surface area contributed by atoms with Gasteiger partial charge in [0.15, 0.2) is 8.07 Å². The zero-order chi connectivity index (χ0) is 10.2. The molecular formula is C10H16N2Si. The van der Waals surface area contributed by atoms with Gasteiger partial charge in [0.05, 0.1) is 0 Å². The molecule has 0 unspecified atom stereocenters. The number of nitrogens with zero attached hydrogens (tertiary/aromatic N) is 2. The summed E-state index contributed by atoms with van der Waals surface area (Å²) in [6.45, 7) is 11.1. The predicted octanol–water partition coefficient (Wildman–Crippen LogP) is 2.83. The molecule has 0 radical (unpaired) electrons. The third kappa shape index (κ3) is 3.83. The Morgan fingerprint density at radius 1 is 1.00 bits per heavy atom. The molecule has 70 valence electrons. The third-order valence-electron chi connectivity index (χ3n) is 1.98. The quantitative estimate of drug-likeness (QED) is 0.195. The van der Waals surface area contributed by atoms with Crippen molar-refractivity contribution < 1.29 is 4.79 Å². The van der Waals surface area contributed by atoms with Crippen molar-refractivity contribution in [2.45, 2.75) is 18.1 Å². The molecule has 0 heterocycles. The van der Waals surface area contributed by atoms with Crippen molar-refractivity contribution in [2.75, 3.05) is 0 Å². The maximum atomic E-state index is 8.58. The normalized spacial score (nSPS) is 9.85. The Hall–Kier alpha value is -1.18. The molecule has 13 heavy (non-hydrogen) atoms. The molecule has 0 aromatic rings. The lowest BCUT2D eigenvalue weighted by atomic mass is 10.7. The monoisotopic (exact) mass is 192 g/mol. The zero-order valence-electron chi connectivity index (χ0n) is 7.95. The van der Waals surface area contributed by atoms with Gasteiger partial charge in [-0.3, -0.25) is 0 Å². The second kappa shape index (κ2) is 6.35. The van der Waals surface area contributed by atoms with Gasteiger partial charge in [-0.1, -0.05) is 18.2 Å². The first-order valence-electron chi connectivity index (χ1n) is 4.26. The minimum absolute atomic E-state index is 0.898. The van der Waals surface area contributed by atoms with Gasteiger partial charge in [0.1, 0.15) is 0 Å². The lowest BCUT2D eigenvalue weighted by Gasteiger charge is -2.17. The molecule has 2 nitrogen and oxygen atoms in total. The highest BCUT2D eigenvalue weighted by Gasteiger charge is 2.32. The van der Waals surface area contributed by atoms with Crippen molar-refractivity contribution >= 4 is 13.9 Å². The summed E-state index contributed by atoms with van der Waals surface area (Å²) in [5.41, 5.74) is 8.58. The lowest BCUT2D eigenvalue weighted by Crippen LogP contribution is -2.35. The molecule has 0 spiro atoms. The van der Waals surface area contributed by atoms with Crippen molar-refractivity contribution in [1.82, 2.24) is 0 Å². The van der Waals surface area contributed by atoms with Crippen LogP contribution < -0.4 is 0 Å². The van der Waals surface area contributed by atoms with Crippen LogP contribution in [0.5, 0.6) is 0 Å². The van der Waals surface area contributed by atoms with Crippen molar-refractivity contribution in [3.63, 3.8) is 0 Å². The van der Waals surface area contributed by atoms with Crippen LogP contribution in [0.2, 0.25) is 18.1 Å². The summed E-state index contributed by atoms with van der Waals surface area (Å²) in [6, 6.07) is 2.69. The summed E-state index contributed by atoms with van der Waals surface area (Å²) < 4.78 is 0. The van der Waals surface area contributed by atoms with Crippen LogP contribution in [-0.4, -0.2) is 18.7 Å². The van der Waals surface area contributed by atoms with E-state index in [0.29, 0.717) is 0 Å². The SMILES string of the molecule is C=CC[Si](C=[N+]=[N-])(CC=C)CC=C. The number of hydrogen-bond acceptors (Lipinski definition) is 0. The van der Waals surface area contributed by atoms with Gasteiger partial charge in [0, 0.05) is 0 Å². The van der Waals surface area contributed by atoms with E-state index in [4.69, 9.17) is 5.53 Å². The van der Waals surface area contributed by atoms with E-state index in [1.54, 1.807) is 5.84 Å². The van der Waals surface area contributed by atoms with E-state index in [2.05, 4.69) is 24.5 Å². The van der Waals surface area contributed by atoms with E-state index in [1.807, 2.05) is 18.2 Å². The van der Waals surface area contributed by atoms with Crippen LogP contribution in [-0.2, 0) is 0 Å². The number of hydrogen-bond donors (Lipinski definition) is 0. The molecule has 0 aliphatic heterocycles. The van der Waals surface area contributed by atoms with Crippen molar-refractivity contribution in [3.05, 3.63) is 43.5 Å². The van der Waals surface area contributed by atoms with Gasteiger partial charge >= 0.3 is 0 Å². The van der Waals surface area contributed by atoms with Crippen LogP contribution in [0.15, 0.2) is 38.0 Å². The first-order valence-corrected chi connectivity index (χ1v) is 6.96. The van der Waals surface area contributed by atoms with E-state index in [0.717, 1.165) is 18.1 Å². The van der Waals surface area contributed by atoms with Crippen LogP contribution in [0.4, 0.5) is 0 Å². The lowest BCUT2D eigenvalue weighted by molar-refractivity contribution is 0.00667. The fourth-order valence-corrected chi connectivity index (χ4v) is 4.18. The largest absolute Gasteiger partial charge is 0.363 e. The van der Waals surface area contributed by atoms with Gasteiger partial charge in [-0.25, -0.2) is 0 Å². The van der Waals surface area contributed by atoms with Gasteiger partial charge in [-0.15, -0.1) is 19.7 Å². The van der Waals surface area contributed by atoms with Gasteiger partial charge in [0.25, 0.3) is 0 Å². The minimum Gasteiger partial charge on any atom is -0.363 e. The van der Waals surface area contributed by atoms with E-state index in [1.165, 1.54) is 0 Å². The summed E-state index contributed by atoms with van der Waals surface area (Å²) in [4.78, 5) is 3.16. The Kier molecular flexibility index (Phi) is 5.77. The first-order chi connectivity index (χ1) is 6.24. The Labute approximate surface area is 80.9 Å². The average molecular weight is 192 g/mol. The summed E-state index contributed by atoms with van der Waals surface area (Å²) >= 11 is 0. The Bertz CT molecular complexity index is 213. The summed E-state index contributed by atoms with van der Waals surface area (Å²) in [6.07, 6.45) is 5.63. The van der Waals surface area contributed by atoms with Crippen molar-refractivity contribution in [3.8, 4) is 0 Å². The fourth-order valence-electron chi connectivity index (χ4n) is 1.39. The predicted molar refractivity (Wildman–Crippen MR) is 60.4 cm³/mol. The van der Waals surface area contributed by atoms with Crippen LogP contribution in [0.3, 0.4) is 0 Å². The number of rotatable bonds is 7. The maximum absolute atomic E-state index is 8.58. The number of allylic oxidation sites excluding steroid dienone is 3. The molecule has 0 rings (SSSR count).